The van der Waals surface area contributed by atoms with Gasteiger partial charge in [-0.3, -0.25) is 9.78 Å². The highest BCUT2D eigenvalue weighted by molar-refractivity contribution is 6.07. The SMILES string of the molecule is Cc1cc(C(N)=O)c2cccc(N)c2n1. The number of pyridine rings is 1. The van der Waals surface area contributed by atoms with Crippen molar-refractivity contribution < 1.29 is 4.79 Å². The fourth-order valence-electron chi connectivity index (χ4n) is 1.60. The van der Waals surface area contributed by atoms with Gasteiger partial charge >= 0.3 is 0 Å². The van der Waals surface area contributed by atoms with Crippen molar-refractivity contribution in [1.82, 2.24) is 4.98 Å². The van der Waals surface area contributed by atoms with E-state index in [0.717, 1.165) is 5.69 Å². The van der Waals surface area contributed by atoms with Crippen LogP contribution in [0.15, 0.2) is 24.3 Å². The quantitative estimate of drug-likeness (QED) is 0.680. The Kier molecular flexibility index (Phi) is 2.04. The Balaban J connectivity index is 2.92. The lowest BCUT2D eigenvalue weighted by molar-refractivity contribution is 0.100. The van der Waals surface area contributed by atoms with E-state index in [4.69, 9.17) is 11.5 Å². The number of benzene rings is 1. The van der Waals surface area contributed by atoms with Crippen molar-refractivity contribution in [2.24, 2.45) is 5.73 Å². The standard InChI is InChI=1S/C11H11N3O/c1-6-5-8(11(13)15)7-3-2-4-9(12)10(7)14-6/h2-5H,12H2,1H3,(H2,13,15). The molecule has 2 aromatic rings. The second-order valence-electron chi connectivity index (χ2n) is 3.42. The Morgan fingerprint density at radius 3 is 2.80 bits per heavy atom. The fraction of sp³-hybridized carbons (Fsp3) is 0.0909. The zero-order chi connectivity index (χ0) is 11.0. The van der Waals surface area contributed by atoms with Gasteiger partial charge < -0.3 is 11.5 Å². The molecule has 4 nitrogen and oxygen atoms in total. The van der Waals surface area contributed by atoms with E-state index in [-0.39, 0.29) is 0 Å². The van der Waals surface area contributed by atoms with Gasteiger partial charge in [-0.1, -0.05) is 12.1 Å². The normalized spacial score (nSPS) is 10.5. The maximum absolute atomic E-state index is 11.2. The number of carbonyl (C=O) groups is 1. The van der Waals surface area contributed by atoms with Crippen LogP contribution in [0.3, 0.4) is 0 Å². The minimum atomic E-state index is -0.462. The highest BCUT2D eigenvalue weighted by Gasteiger charge is 2.09. The number of carbonyl (C=O) groups excluding carboxylic acids is 1. The summed E-state index contributed by atoms with van der Waals surface area (Å²) in [6, 6.07) is 6.99. The maximum atomic E-state index is 11.2. The van der Waals surface area contributed by atoms with Gasteiger partial charge in [-0.25, -0.2) is 0 Å². The number of rotatable bonds is 1. The molecular formula is C11H11N3O. The van der Waals surface area contributed by atoms with E-state index in [1.54, 1.807) is 31.2 Å². The first kappa shape index (κ1) is 9.45. The summed E-state index contributed by atoms with van der Waals surface area (Å²) in [7, 11) is 0. The Morgan fingerprint density at radius 2 is 2.13 bits per heavy atom. The van der Waals surface area contributed by atoms with Crippen LogP contribution in [-0.2, 0) is 0 Å². The molecule has 0 aliphatic carbocycles. The second kappa shape index (κ2) is 3.24. The van der Waals surface area contributed by atoms with Crippen molar-refractivity contribution in [2.75, 3.05) is 5.73 Å². The van der Waals surface area contributed by atoms with Gasteiger partial charge in [0, 0.05) is 11.1 Å². The average molecular weight is 201 g/mol. The summed E-state index contributed by atoms with van der Waals surface area (Å²) in [5.74, 6) is -0.462. The highest BCUT2D eigenvalue weighted by Crippen LogP contribution is 2.22. The molecule has 4 heteroatoms. The number of hydrogen-bond donors (Lipinski definition) is 2. The number of nitrogen functional groups attached to an aromatic ring is 1. The second-order valence-corrected chi connectivity index (χ2v) is 3.42. The van der Waals surface area contributed by atoms with Gasteiger partial charge in [0.05, 0.1) is 16.8 Å². The van der Waals surface area contributed by atoms with Crippen LogP contribution in [0.2, 0.25) is 0 Å². The number of hydrogen-bond acceptors (Lipinski definition) is 3. The molecule has 4 N–H and O–H groups in total. The number of anilines is 1. The number of primary amides is 1. The smallest absolute Gasteiger partial charge is 0.249 e. The molecule has 0 aliphatic rings. The van der Waals surface area contributed by atoms with E-state index < -0.39 is 5.91 Å². The van der Waals surface area contributed by atoms with Crippen LogP contribution in [0.5, 0.6) is 0 Å². The van der Waals surface area contributed by atoms with E-state index >= 15 is 0 Å². The Morgan fingerprint density at radius 1 is 1.40 bits per heavy atom. The molecule has 0 saturated heterocycles. The zero-order valence-electron chi connectivity index (χ0n) is 8.32. The molecule has 0 spiro atoms. The van der Waals surface area contributed by atoms with Crippen LogP contribution in [0, 0.1) is 6.92 Å². The topological polar surface area (TPSA) is 82.0 Å². The molecular weight excluding hydrogens is 190 g/mol. The van der Waals surface area contributed by atoms with Gasteiger partial charge in [-0.2, -0.15) is 0 Å². The summed E-state index contributed by atoms with van der Waals surface area (Å²) in [6.45, 7) is 1.80. The molecule has 0 aliphatic heterocycles. The van der Waals surface area contributed by atoms with Gasteiger partial charge in [-0.05, 0) is 19.1 Å². The maximum Gasteiger partial charge on any atom is 0.249 e. The van der Waals surface area contributed by atoms with E-state index in [1.165, 1.54) is 0 Å². The summed E-state index contributed by atoms with van der Waals surface area (Å²) in [5.41, 5.74) is 13.4. The molecule has 0 radical (unpaired) electrons. The van der Waals surface area contributed by atoms with Crippen molar-refractivity contribution in [3.05, 3.63) is 35.5 Å². The average Bonchev–Trinajstić information content (AvgIpc) is 2.18. The molecule has 76 valence electrons. The van der Waals surface area contributed by atoms with E-state index in [1.807, 2.05) is 0 Å². The number of fused-ring (bicyclic) bond motifs is 1. The molecule has 1 heterocycles. The zero-order valence-corrected chi connectivity index (χ0v) is 8.32. The summed E-state index contributed by atoms with van der Waals surface area (Å²) < 4.78 is 0. The number of nitrogens with two attached hydrogens (primary N) is 2. The summed E-state index contributed by atoms with van der Waals surface area (Å²) in [5, 5.41) is 0.702. The van der Waals surface area contributed by atoms with Crippen LogP contribution in [0.1, 0.15) is 16.1 Å². The third-order valence-corrected chi connectivity index (χ3v) is 2.26. The van der Waals surface area contributed by atoms with Gasteiger partial charge in [0.25, 0.3) is 0 Å². The summed E-state index contributed by atoms with van der Waals surface area (Å²) >= 11 is 0. The van der Waals surface area contributed by atoms with Crippen molar-refractivity contribution >= 4 is 22.5 Å². The molecule has 1 aromatic carbocycles. The van der Waals surface area contributed by atoms with Crippen molar-refractivity contribution in [3.8, 4) is 0 Å². The van der Waals surface area contributed by atoms with Crippen LogP contribution >= 0.6 is 0 Å². The Bertz CT molecular complexity index is 549. The minimum Gasteiger partial charge on any atom is -0.397 e. The van der Waals surface area contributed by atoms with Gasteiger partial charge in [-0.15, -0.1) is 0 Å². The molecule has 0 saturated carbocycles. The molecule has 1 amide bonds. The minimum absolute atomic E-state index is 0.462. The van der Waals surface area contributed by atoms with Crippen LogP contribution in [0.25, 0.3) is 10.9 Å². The number of aromatic nitrogens is 1. The first-order valence-corrected chi connectivity index (χ1v) is 4.55. The predicted molar refractivity (Wildman–Crippen MR) is 59.4 cm³/mol. The van der Waals surface area contributed by atoms with Crippen LogP contribution in [-0.4, -0.2) is 10.9 Å². The lowest BCUT2D eigenvalue weighted by Crippen LogP contribution is -2.12. The summed E-state index contributed by atoms with van der Waals surface area (Å²) in [6.07, 6.45) is 0. The first-order valence-electron chi connectivity index (χ1n) is 4.55. The van der Waals surface area contributed by atoms with Gasteiger partial charge in [0.15, 0.2) is 0 Å². The molecule has 1 aromatic heterocycles. The number of nitrogens with zero attached hydrogens (tertiary/aromatic N) is 1. The Hall–Kier alpha value is -2.10. The molecule has 0 atom stereocenters. The largest absolute Gasteiger partial charge is 0.397 e. The third-order valence-electron chi connectivity index (χ3n) is 2.26. The Labute approximate surface area is 86.9 Å². The number of aryl methyl sites for hydroxylation is 1. The molecule has 0 bridgehead atoms. The highest BCUT2D eigenvalue weighted by atomic mass is 16.1. The lowest BCUT2D eigenvalue weighted by atomic mass is 10.1. The molecule has 0 unspecified atom stereocenters. The molecule has 2 rings (SSSR count). The summed E-state index contributed by atoms with van der Waals surface area (Å²) in [4.78, 5) is 15.5. The van der Waals surface area contributed by atoms with Crippen molar-refractivity contribution in [3.63, 3.8) is 0 Å². The van der Waals surface area contributed by atoms with Crippen LogP contribution < -0.4 is 11.5 Å². The monoisotopic (exact) mass is 201 g/mol. The predicted octanol–water partition coefficient (Wildman–Crippen LogP) is 1.22. The number of para-hydroxylation sites is 1. The number of amides is 1. The third kappa shape index (κ3) is 1.50. The molecule has 15 heavy (non-hydrogen) atoms. The van der Waals surface area contributed by atoms with E-state index in [9.17, 15) is 4.79 Å². The fourth-order valence-corrected chi connectivity index (χ4v) is 1.60. The molecule has 0 fully saturated rings. The van der Waals surface area contributed by atoms with Crippen LogP contribution in [0.4, 0.5) is 5.69 Å². The van der Waals surface area contributed by atoms with E-state index in [2.05, 4.69) is 4.98 Å². The lowest BCUT2D eigenvalue weighted by Gasteiger charge is -2.06. The first-order chi connectivity index (χ1) is 7.09. The van der Waals surface area contributed by atoms with Crippen molar-refractivity contribution in [2.45, 2.75) is 6.92 Å². The van der Waals surface area contributed by atoms with Gasteiger partial charge in [0.1, 0.15) is 0 Å². The van der Waals surface area contributed by atoms with Gasteiger partial charge in [0.2, 0.25) is 5.91 Å². The van der Waals surface area contributed by atoms with E-state index in [0.29, 0.717) is 22.2 Å². The van der Waals surface area contributed by atoms with Crippen molar-refractivity contribution in [1.29, 1.82) is 0 Å².